The van der Waals surface area contributed by atoms with Gasteiger partial charge in [-0.15, -0.1) is 0 Å². The molecule has 2 aromatic rings. The summed E-state index contributed by atoms with van der Waals surface area (Å²) in [7, 11) is 1.33. The second-order valence-electron chi connectivity index (χ2n) is 3.13. The van der Waals surface area contributed by atoms with Crippen molar-refractivity contribution in [2.24, 2.45) is 4.99 Å². The third-order valence-corrected chi connectivity index (χ3v) is 2.25. The van der Waals surface area contributed by atoms with Crippen molar-refractivity contribution < 1.29 is 14.3 Å². The van der Waals surface area contributed by atoms with Gasteiger partial charge in [0.15, 0.2) is 0 Å². The van der Waals surface area contributed by atoms with Crippen LogP contribution in [0.2, 0.25) is 0 Å². The number of aromatic amines is 1. The molecule has 0 amide bonds. The van der Waals surface area contributed by atoms with E-state index in [4.69, 9.17) is 0 Å². The molecule has 1 N–H and O–H groups in total. The van der Waals surface area contributed by atoms with Crippen molar-refractivity contribution in [3.8, 4) is 0 Å². The summed E-state index contributed by atoms with van der Waals surface area (Å²) < 4.78 is 4.64. The van der Waals surface area contributed by atoms with Crippen LogP contribution in [0.25, 0.3) is 10.9 Å². The zero-order valence-electron chi connectivity index (χ0n) is 8.48. The van der Waals surface area contributed by atoms with Crippen molar-refractivity contribution in [2.75, 3.05) is 7.11 Å². The van der Waals surface area contributed by atoms with Gasteiger partial charge in [0, 0.05) is 17.1 Å². The number of benzene rings is 1. The Bertz CT molecular complexity index is 594. The molecule has 1 aromatic carbocycles. The van der Waals surface area contributed by atoms with Crippen molar-refractivity contribution in [1.82, 2.24) is 4.98 Å². The summed E-state index contributed by atoms with van der Waals surface area (Å²) in [5.74, 6) is -0.405. The van der Waals surface area contributed by atoms with E-state index < -0.39 is 5.97 Å². The Morgan fingerprint density at radius 1 is 1.50 bits per heavy atom. The minimum absolute atomic E-state index is 0.405. The number of nitrogens with zero attached hydrogens (tertiary/aromatic N) is 1. The summed E-state index contributed by atoms with van der Waals surface area (Å²) in [5, 5.41) is 0.733. The molecule has 0 saturated carbocycles. The first kappa shape index (κ1) is 10.1. The lowest BCUT2D eigenvalue weighted by atomic mass is 10.1. The summed E-state index contributed by atoms with van der Waals surface area (Å²) in [6.07, 6.45) is 3.02. The van der Waals surface area contributed by atoms with Crippen LogP contribution in [0, 0.1) is 0 Å². The van der Waals surface area contributed by atoms with Gasteiger partial charge in [-0.2, -0.15) is 4.99 Å². The molecule has 0 aliphatic carbocycles. The smallest absolute Gasteiger partial charge is 0.340 e. The molecule has 0 bridgehead atoms. The van der Waals surface area contributed by atoms with Crippen LogP contribution in [0.1, 0.15) is 10.4 Å². The number of fused-ring (bicyclic) bond motifs is 1. The number of hydrogen-bond donors (Lipinski definition) is 1. The van der Waals surface area contributed by atoms with E-state index in [0.29, 0.717) is 11.3 Å². The summed E-state index contributed by atoms with van der Waals surface area (Å²) in [6, 6.07) is 4.99. The zero-order chi connectivity index (χ0) is 11.5. The highest BCUT2D eigenvalue weighted by molar-refractivity contribution is 6.04. The van der Waals surface area contributed by atoms with Crippen LogP contribution in [0.3, 0.4) is 0 Å². The van der Waals surface area contributed by atoms with Crippen LogP contribution in [0.5, 0.6) is 0 Å². The molecule has 0 fully saturated rings. The Morgan fingerprint density at radius 2 is 2.31 bits per heavy atom. The first-order valence-corrected chi connectivity index (χ1v) is 4.53. The molecular formula is C11H8N2O3. The highest BCUT2D eigenvalue weighted by Gasteiger charge is 2.11. The topological polar surface area (TPSA) is 71.5 Å². The van der Waals surface area contributed by atoms with Crippen LogP contribution in [0.15, 0.2) is 29.4 Å². The SMILES string of the molecule is COC(=O)c1c[nH]c2cc(N=C=O)ccc12. The second-order valence-corrected chi connectivity index (χ2v) is 3.13. The maximum atomic E-state index is 11.4. The van der Waals surface area contributed by atoms with Crippen molar-refractivity contribution in [3.63, 3.8) is 0 Å². The lowest BCUT2D eigenvalue weighted by Gasteiger charge is -1.96. The van der Waals surface area contributed by atoms with Crippen molar-refractivity contribution in [2.45, 2.75) is 0 Å². The van der Waals surface area contributed by atoms with Crippen LogP contribution < -0.4 is 0 Å². The Balaban J connectivity index is 2.58. The number of H-pyrrole nitrogens is 1. The summed E-state index contributed by atoms with van der Waals surface area (Å²) in [5.41, 5.74) is 1.66. The third kappa shape index (κ3) is 1.60. The van der Waals surface area contributed by atoms with Gasteiger partial charge in [-0.25, -0.2) is 9.59 Å². The van der Waals surface area contributed by atoms with Crippen LogP contribution >= 0.6 is 0 Å². The fourth-order valence-electron chi connectivity index (χ4n) is 1.52. The van der Waals surface area contributed by atoms with E-state index in [9.17, 15) is 9.59 Å². The molecular weight excluding hydrogens is 208 g/mol. The van der Waals surface area contributed by atoms with Gasteiger partial charge in [0.1, 0.15) is 0 Å². The Hall–Kier alpha value is -2.39. The first-order valence-electron chi connectivity index (χ1n) is 4.53. The fraction of sp³-hybridized carbons (Fsp3) is 0.0909. The third-order valence-electron chi connectivity index (χ3n) is 2.25. The average molecular weight is 216 g/mol. The standard InChI is InChI=1S/C11H8N2O3/c1-16-11(15)9-5-12-10-4-7(13-6-14)2-3-8(9)10/h2-5,12H,1H3. The number of aromatic nitrogens is 1. The number of esters is 1. The Morgan fingerprint density at radius 3 is 3.00 bits per heavy atom. The van der Waals surface area contributed by atoms with E-state index in [1.165, 1.54) is 13.2 Å². The van der Waals surface area contributed by atoms with Gasteiger partial charge in [0.25, 0.3) is 0 Å². The number of nitrogens with one attached hydrogen (secondary N) is 1. The molecule has 16 heavy (non-hydrogen) atoms. The predicted molar refractivity (Wildman–Crippen MR) is 57.4 cm³/mol. The van der Waals surface area contributed by atoms with Crippen molar-refractivity contribution >= 4 is 28.6 Å². The summed E-state index contributed by atoms with van der Waals surface area (Å²) in [6.45, 7) is 0. The Labute approximate surface area is 90.7 Å². The summed E-state index contributed by atoms with van der Waals surface area (Å²) in [4.78, 5) is 27.9. The van der Waals surface area contributed by atoms with E-state index in [1.807, 2.05) is 0 Å². The van der Waals surface area contributed by atoms with Crippen LogP contribution in [-0.4, -0.2) is 24.1 Å². The molecule has 0 aliphatic rings. The number of ether oxygens (including phenoxy) is 1. The number of isocyanates is 1. The molecule has 5 nitrogen and oxygen atoms in total. The monoisotopic (exact) mass is 216 g/mol. The number of carbonyl (C=O) groups excluding carboxylic acids is 2. The molecule has 0 aliphatic heterocycles. The van der Waals surface area contributed by atoms with E-state index in [2.05, 4.69) is 14.7 Å². The fourth-order valence-corrected chi connectivity index (χ4v) is 1.52. The molecule has 0 saturated heterocycles. The molecule has 2 rings (SSSR count). The van der Waals surface area contributed by atoms with Gasteiger partial charge in [0.2, 0.25) is 6.08 Å². The largest absolute Gasteiger partial charge is 0.465 e. The van der Waals surface area contributed by atoms with E-state index in [-0.39, 0.29) is 0 Å². The molecule has 0 unspecified atom stereocenters. The minimum atomic E-state index is -0.405. The number of hydrogen-bond acceptors (Lipinski definition) is 4. The lowest BCUT2D eigenvalue weighted by molar-refractivity contribution is 0.0603. The normalized spacial score (nSPS) is 9.81. The molecule has 5 heteroatoms. The van der Waals surface area contributed by atoms with E-state index >= 15 is 0 Å². The molecule has 0 atom stereocenters. The molecule has 80 valence electrons. The molecule has 1 aromatic heterocycles. The Kier molecular flexibility index (Phi) is 2.54. The lowest BCUT2D eigenvalue weighted by Crippen LogP contribution is -1.99. The van der Waals surface area contributed by atoms with E-state index in [0.717, 1.165) is 10.9 Å². The highest BCUT2D eigenvalue weighted by Crippen LogP contribution is 2.23. The number of carbonyl (C=O) groups is 1. The van der Waals surface area contributed by atoms with Gasteiger partial charge in [-0.05, 0) is 18.2 Å². The predicted octanol–water partition coefficient (Wildman–Crippen LogP) is 1.92. The van der Waals surface area contributed by atoms with Gasteiger partial charge >= 0.3 is 5.97 Å². The van der Waals surface area contributed by atoms with Gasteiger partial charge in [-0.1, -0.05) is 0 Å². The quantitative estimate of drug-likeness (QED) is 0.473. The highest BCUT2D eigenvalue weighted by atomic mass is 16.5. The molecule has 0 radical (unpaired) electrons. The van der Waals surface area contributed by atoms with Crippen LogP contribution in [0.4, 0.5) is 5.69 Å². The van der Waals surface area contributed by atoms with Crippen LogP contribution in [-0.2, 0) is 9.53 Å². The maximum absolute atomic E-state index is 11.4. The maximum Gasteiger partial charge on any atom is 0.340 e. The van der Waals surface area contributed by atoms with Gasteiger partial charge in [-0.3, -0.25) is 0 Å². The summed E-state index contributed by atoms with van der Waals surface area (Å²) >= 11 is 0. The zero-order valence-corrected chi connectivity index (χ0v) is 8.48. The minimum Gasteiger partial charge on any atom is -0.465 e. The van der Waals surface area contributed by atoms with Crippen molar-refractivity contribution in [3.05, 3.63) is 30.0 Å². The average Bonchev–Trinajstić information content (AvgIpc) is 2.71. The van der Waals surface area contributed by atoms with Gasteiger partial charge in [0.05, 0.1) is 18.4 Å². The van der Waals surface area contributed by atoms with Gasteiger partial charge < -0.3 is 9.72 Å². The second kappa shape index (κ2) is 4.00. The first-order chi connectivity index (χ1) is 7.76. The van der Waals surface area contributed by atoms with Crippen molar-refractivity contribution in [1.29, 1.82) is 0 Å². The molecule has 0 spiro atoms. The van der Waals surface area contributed by atoms with E-state index in [1.54, 1.807) is 24.4 Å². The number of rotatable bonds is 2. The molecule has 1 heterocycles. The number of aliphatic imine (C=N–C) groups is 1. The number of methoxy groups -OCH3 is 1.